The molecule has 0 aliphatic carbocycles. The molecule has 0 fully saturated rings. The molecule has 0 aliphatic rings. The lowest BCUT2D eigenvalue weighted by molar-refractivity contribution is 0.336. The summed E-state index contributed by atoms with van der Waals surface area (Å²) < 4.78 is 12.4. The van der Waals surface area contributed by atoms with Crippen LogP contribution in [-0.2, 0) is 9.09 Å². The van der Waals surface area contributed by atoms with Crippen LogP contribution in [0.1, 0.15) is 13.3 Å². The van der Waals surface area contributed by atoms with Gasteiger partial charge in [-0.1, -0.05) is 6.92 Å². The van der Waals surface area contributed by atoms with Crippen molar-refractivity contribution in [2.45, 2.75) is 13.3 Å². The van der Waals surface area contributed by atoms with E-state index in [4.69, 9.17) is 11.2 Å². The SMILES string of the molecule is CCCOP(=O)(Cl)I. The van der Waals surface area contributed by atoms with Gasteiger partial charge in [-0.25, -0.2) is 0 Å². The Morgan fingerprint density at radius 1 is 1.88 bits per heavy atom. The van der Waals surface area contributed by atoms with Crippen molar-refractivity contribution >= 4 is 37.6 Å². The monoisotopic (exact) mass is 268 g/mol. The van der Waals surface area contributed by atoms with E-state index in [0.29, 0.717) is 6.61 Å². The van der Waals surface area contributed by atoms with Crippen molar-refractivity contribution in [2.24, 2.45) is 0 Å². The van der Waals surface area contributed by atoms with Gasteiger partial charge >= 0.3 is 4.36 Å². The predicted molar refractivity (Wildman–Crippen MR) is 43.7 cm³/mol. The number of hydrogen-bond acceptors (Lipinski definition) is 2. The largest absolute Gasteiger partial charge is 0.347 e. The molecule has 0 aromatic carbocycles. The average molecular weight is 268 g/mol. The van der Waals surface area contributed by atoms with Crippen LogP contribution in [0.15, 0.2) is 0 Å². The molecule has 0 N–H and O–H groups in total. The van der Waals surface area contributed by atoms with Crippen LogP contribution in [0.4, 0.5) is 0 Å². The van der Waals surface area contributed by atoms with Crippen LogP contribution in [0.25, 0.3) is 0 Å². The Hall–Kier alpha value is 1.21. The summed E-state index contributed by atoms with van der Waals surface area (Å²) in [6.07, 6.45) is 0.847. The van der Waals surface area contributed by atoms with Gasteiger partial charge in [-0.15, -0.1) is 0 Å². The zero-order valence-corrected chi connectivity index (χ0v) is 8.24. The summed E-state index contributed by atoms with van der Waals surface area (Å²) in [5.74, 6) is 0. The van der Waals surface area contributed by atoms with Gasteiger partial charge in [0.1, 0.15) is 0 Å². The van der Waals surface area contributed by atoms with E-state index in [9.17, 15) is 4.57 Å². The Kier molecular flexibility index (Phi) is 4.71. The second-order valence-corrected chi connectivity index (χ2v) is 9.19. The normalized spacial score (nSPS) is 17.9. The Labute approximate surface area is 66.7 Å². The summed E-state index contributed by atoms with van der Waals surface area (Å²) >= 11 is 6.83. The summed E-state index contributed by atoms with van der Waals surface area (Å²) in [6, 6.07) is 0. The third-order valence-electron chi connectivity index (χ3n) is 0.446. The highest BCUT2D eigenvalue weighted by Gasteiger charge is 2.10. The van der Waals surface area contributed by atoms with E-state index in [0.717, 1.165) is 6.42 Å². The van der Waals surface area contributed by atoms with Crippen LogP contribution >= 0.6 is 37.6 Å². The molecule has 8 heavy (non-hydrogen) atoms. The third-order valence-corrected chi connectivity index (χ3v) is 2.06. The third kappa shape index (κ3) is 7.21. The van der Waals surface area contributed by atoms with Gasteiger partial charge in [-0.05, 0) is 17.7 Å². The van der Waals surface area contributed by atoms with Gasteiger partial charge < -0.3 is 4.52 Å². The topological polar surface area (TPSA) is 26.3 Å². The maximum absolute atomic E-state index is 10.5. The first-order valence-corrected chi connectivity index (χ1v) is 7.51. The minimum Gasteiger partial charge on any atom is -0.311 e. The van der Waals surface area contributed by atoms with Crippen LogP contribution in [0.3, 0.4) is 0 Å². The molecule has 0 bridgehead atoms. The van der Waals surface area contributed by atoms with Gasteiger partial charge in [-0.2, -0.15) is 0 Å². The summed E-state index contributed by atoms with van der Waals surface area (Å²) in [4.78, 5) is 0. The quantitative estimate of drug-likeness (QED) is 0.580. The lowest BCUT2D eigenvalue weighted by Gasteiger charge is -1.99. The van der Waals surface area contributed by atoms with Gasteiger partial charge in [0.25, 0.3) is 0 Å². The van der Waals surface area contributed by atoms with Gasteiger partial charge in [0, 0.05) is 22.0 Å². The van der Waals surface area contributed by atoms with Gasteiger partial charge in [-0.3, -0.25) is 4.57 Å². The van der Waals surface area contributed by atoms with Crippen molar-refractivity contribution in [1.82, 2.24) is 0 Å². The van der Waals surface area contributed by atoms with Crippen molar-refractivity contribution in [3.8, 4) is 0 Å². The van der Waals surface area contributed by atoms with E-state index in [1.54, 1.807) is 22.0 Å². The average Bonchev–Trinajstić information content (AvgIpc) is 1.59. The predicted octanol–water partition coefficient (Wildman–Crippen LogP) is 3.19. The van der Waals surface area contributed by atoms with Crippen molar-refractivity contribution in [3.05, 3.63) is 0 Å². The minimum atomic E-state index is -2.74. The minimum absolute atomic E-state index is 0.476. The molecule has 0 rings (SSSR count). The van der Waals surface area contributed by atoms with Crippen LogP contribution in [0.2, 0.25) is 0 Å². The van der Waals surface area contributed by atoms with Crippen LogP contribution < -0.4 is 0 Å². The maximum Gasteiger partial charge on any atom is 0.347 e. The zero-order chi connectivity index (χ0) is 6.62. The molecule has 5 heteroatoms. The molecule has 1 unspecified atom stereocenters. The van der Waals surface area contributed by atoms with Gasteiger partial charge in [0.2, 0.25) is 0 Å². The fraction of sp³-hybridized carbons (Fsp3) is 1.00. The smallest absolute Gasteiger partial charge is 0.311 e. The van der Waals surface area contributed by atoms with Crippen LogP contribution in [0.5, 0.6) is 0 Å². The van der Waals surface area contributed by atoms with E-state index in [1.807, 2.05) is 6.92 Å². The first-order valence-electron chi connectivity index (χ1n) is 2.20. The highest BCUT2D eigenvalue weighted by Crippen LogP contribution is 2.60. The lowest BCUT2D eigenvalue weighted by atomic mass is 10.5. The number of hydrogen-bond donors (Lipinski definition) is 0. The summed E-state index contributed by atoms with van der Waals surface area (Å²) in [5.41, 5.74) is 0. The fourth-order valence-electron chi connectivity index (χ4n) is 0.198. The Balaban J connectivity index is 3.26. The van der Waals surface area contributed by atoms with Gasteiger partial charge in [0.05, 0.1) is 6.61 Å². The second-order valence-electron chi connectivity index (χ2n) is 1.25. The summed E-state index contributed by atoms with van der Waals surface area (Å²) in [7, 11) is 0. The first kappa shape index (κ1) is 9.21. The molecule has 0 radical (unpaired) electrons. The first-order chi connectivity index (χ1) is 3.56. The lowest BCUT2D eigenvalue weighted by Crippen LogP contribution is -1.80. The molecule has 0 heterocycles. The molecule has 0 amide bonds. The molecule has 0 aliphatic heterocycles. The van der Waals surface area contributed by atoms with Crippen molar-refractivity contribution in [3.63, 3.8) is 0 Å². The second kappa shape index (κ2) is 4.09. The van der Waals surface area contributed by atoms with E-state index in [-0.39, 0.29) is 0 Å². The highest BCUT2D eigenvalue weighted by atomic mass is 127. The fourth-order valence-corrected chi connectivity index (χ4v) is 1.39. The molecule has 50 valence electrons. The van der Waals surface area contributed by atoms with Crippen molar-refractivity contribution < 1.29 is 9.09 Å². The molecule has 2 nitrogen and oxygen atoms in total. The Morgan fingerprint density at radius 3 is 2.50 bits per heavy atom. The Morgan fingerprint density at radius 2 is 2.38 bits per heavy atom. The van der Waals surface area contributed by atoms with Crippen molar-refractivity contribution in [1.29, 1.82) is 0 Å². The molecular weight excluding hydrogens is 261 g/mol. The van der Waals surface area contributed by atoms with E-state index in [2.05, 4.69) is 4.52 Å². The van der Waals surface area contributed by atoms with E-state index >= 15 is 0 Å². The maximum atomic E-state index is 10.5. The molecule has 0 saturated carbocycles. The summed E-state index contributed by atoms with van der Waals surface area (Å²) in [6.45, 7) is 2.41. The van der Waals surface area contributed by atoms with Gasteiger partial charge in [0.15, 0.2) is 0 Å². The standard InChI is InChI=1S/C3H7ClIO2P/c1-2-3-7-8(4,5)6/h2-3H2,1H3. The molecule has 0 saturated heterocycles. The van der Waals surface area contributed by atoms with E-state index < -0.39 is 4.36 Å². The molecule has 0 aromatic rings. The zero-order valence-electron chi connectivity index (χ0n) is 4.43. The molecule has 0 spiro atoms. The van der Waals surface area contributed by atoms with Crippen molar-refractivity contribution in [2.75, 3.05) is 6.61 Å². The Bertz CT molecular complexity index is 101. The molecule has 0 aromatic heterocycles. The molecule has 1 atom stereocenters. The number of halogens is 2. The highest BCUT2D eigenvalue weighted by molar-refractivity contribution is 14.2. The van der Waals surface area contributed by atoms with Crippen LogP contribution in [-0.4, -0.2) is 6.61 Å². The van der Waals surface area contributed by atoms with Crippen LogP contribution in [0, 0.1) is 0 Å². The number of rotatable bonds is 3. The summed E-state index contributed by atoms with van der Waals surface area (Å²) in [5, 5.41) is 0. The van der Waals surface area contributed by atoms with E-state index in [1.165, 1.54) is 0 Å². The molecular formula is C3H7ClIO2P.